The van der Waals surface area contributed by atoms with Gasteiger partial charge in [0.05, 0.1) is 7.11 Å². The van der Waals surface area contributed by atoms with Crippen molar-refractivity contribution in [3.63, 3.8) is 0 Å². The number of nitrogens with zero attached hydrogens (tertiary/aromatic N) is 1. The Morgan fingerprint density at radius 3 is 2.46 bits per heavy atom. The van der Waals surface area contributed by atoms with Crippen molar-refractivity contribution in [2.24, 2.45) is 16.7 Å². The highest BCUT2D eigenvalue weighted by Crippen LogP contribution is 2.59. The topological polar surface area (TPSA) is 41.6 Å². The Morgan fingerprint density at radius 2 is 1.88 bits per heavy atom. The van der Waals surface area contributed by atoms with Crippen molar-refractivity contribution in [1.29, 1.82) is 0 Å². The predicted molar refractivity (Wildman–Crippen MR) is 105 cm³/mol. The van der Waals surface area contributed by atoms with Crippen LogP contribution < -0.4 is 10.1 Å². The summed E-state index contributed by atoms with van der Waals surface area (Å²) in [5.41, 5.74) is 1.68. The average Bonchev–Trinajstić information content (AvgIpc) is 3.31. The summed E-state index contributed by atoms with van der Waals surface area (Å²) in [6.45, 7) is 10.4. The number of amides is 1. The van der Waals surface area contributed by atoms with Crippen LogP contribution in [0.25, 0.3) is 0 Å². The van der Waals surface area contributed by atoms with Gasteiger partial charge in [-0.1, -0.05) is 32.9 Å². The third-order valence-corrected chi connectivity index (χ3v) is 5.89. The van der Waals surface area contributed by atoms with Gasteiger partial charge in [0.1, 0.15) is 5.75 Å². The lowest BCUT2D eigenvalue weighted by Gasteiger charge is -2.32. The second kappa shape index (κ2) is 7.59. The summed E-state index contributed by atoms with van der Waals surface area (Å²) in [6.07, 6.45) is 4.31. The third kappa shape index (κ3) is 4.59. The van der Waals surface area contributed by atoms with Crippen LogP contribution in [0.2, 0.25) is 0 Å². The van der Waals surface area contributed by atoms with Crippen LogP contribution in [0.3, 0.4) is 0 Å². The van der Waals surface area contributed by atoms with Gasteiger partial charge in [-0.15, -0.1) is 0 Å². The Balaban J connectivity index is 1.63. The maximum Gasteiger partial charge on any atom is 0.226 e. The number of methoxy groups -OCH3 is 1. The molecule has 4 nitrogen and oxygen atoms in total. The molecule has 1 heterocycles. The second-order valence-electron chi connectivity index (χ2n) is 9.29. The summed E-state index contributed by atoms with van der Waals surface area (Å²) >= 11 is 0. The van der Waals surface area contributed by atoms with E-state index in [2.05, 4.69) is 43.1 Å². The zero-order valence-electron chi connectivity index (χ0n) is 16.8. The maximum atomic E-state index is 13.3. The van der Waals surface area contributed by atoms with Gasteiger partial charge in [-0.3, -0.25) is 4.79 Å². The number of carbonyl (C=O) groups excluding carboxylic acids is 1. The van der Waals surface area contributed by atoms with Gasteiger partial charge < -0.3 is 15.0 Å². The molecule has 2 aliphatic rings. The average molecular weight is 359 g/mol. The summed E-state index contributed by atoms with van der Waals surface area (Å²) in [7, 11) is 1.69. The van der Waals surface area contributed by atoms with Gasteiger partial charge in [-0.05, 0) is 67.3 Å². The molecule has 2 fully saturated rings. The second-order valence-corrected chi connectivity index (χ2v) is 9.29. The summed E-state index contributed by atoms with van der Waals surface area (Å²) in [5.74, 6) is 1.51. The van der Waals surface area contributed by atoms with Crippen LogP contribution in [0.1, 0.15) is 45.6 Å². The fourth-order valence-electron chi connectivity index (χ4n) is 4.29. The van der Waals surface area contributed by atoms with E-state index in [0.717, 1.165) is 57.6 Å². The van der Waals surface area contributed by atoms with Gasteiger partial charge in [-0.2, -0.15) is 0 Å². The monoisotopic (exact) mass is 358 g/mol. The first-order valence-electron chi connectivity index (χ1n) is 9.95. The van der Waals surface area contributed by atoms with Crippen LogP contribution in [-0.4, -0.2) is 44.1 Å². The number of ether oxygens (including phenoxy) is 1. The normalized spacial score (nSPS) is 21.5. The zero-order valence-corrected chi connectivity index (χ0v) is 16.8. The minimum atomic E-state index is 0.117. The van der Waals surface area contributed by atoms with E-state index in [-0.39, 0.29) is 11.3 Å². The van der Waals surface area contributed by atoms with Crippen LogP contribution in [-0.2, 0) is 11.2 Å². The van der Waals surface area contributed by atoms with Gasteiger partial charge in [0, 0.05) is 19.0 Å². The molecule has 0 bridgehead atoms. The molecule has 0 aromatic heterocycles. The van der Waals surface area contributed by atoms with Crippen molar-refractivity contribution in [2.75, 3.05) is 33.3 Å². The predicted octanol–water partition coefficient (Wildman–Crippen LogP) is 3.50. The van der Waals surface area contributed by atoms with Gasteiger partial charge in [0.2, 0.25) is 5.91 Å². The molecule has 0 radical (unpaired) electrons. The molecule has 1 aliphatic carbocycles. The van der Waals surface area contributed by atoms with Crippen molar-refractivity contribution < 1.29 is 9.53 Å². The smallest absolute Gasteiger partial charge is 0.226 e. The molecular weight excluding hydrogens is 324 g/mol. The number of piperidine rings is 1. The molecule has 1 aliphatic heterocycles. The van der Waals surface area contributed by atoms with Gasteiger partial charge in [-0.25, -0.2) is 0 Å². The minimum Gasteiger partial charge on any atom is -0.497 e. The molecule has 144 valence electrons. The zero-order chi connectivity index (χ0) is 18.8. The van der Waals surface area contributed by atoms with E-state index < -0.39 is 0 Å². The Hall–Kier alpha value is -1.55. The van der Waals surface area contributed by atoms with E-state index in [9.17, 15) is 4.79 Å². The van der Waals surface area contributed by atoms with Crippen molar-refractivity contribution in [1.82, 2.24) is 10.2 Å². The molecule has 1 aromatic carbocycles. The first kappa shape index (κ1) is 19.2. The fraction of sp³-hybridized carbons (Fsp3) is 0.682. The molecule has 1 unspecified atom stereocenters. The van der Waals surface area contributed by atoms with Crippen LogP contribution in [0.5, 0.6) is 5.75 Å². The first-order chi connectivity index (χ1) is 12.3. The summed E-state index contributed by atoms with van der Waals surface area (Å²) in [4.78, 5) is 15.4. The molecule has 1 amide bonds. The Labute approximate surface area is 158 Å². The highest BCUT2D eigenvalue weighted by Gasteiger charge is 2.58. The number of hydrogen-bond acceptors (Lipinski definition) is 3. The Kier molecular flexibility index (Phi) is 5.61. The molecule has 1 aromatic rings. The summed E-state index contributed by atoms with van der Waals surface area (Å²) in [6, 6.07) is 8.19. The standard InChI is InChI=1S/C22H34N2O2/c1-21(2,3)16-24(14-9-17-5-7-18(26-4)8-6-17)20(25)19-15-22(19)10-12-23-13-11-22/h5-8,19,23H,9-16H2,1-4H3. The van der Waals surface area contributed by atoms with E-state index in [1.165, 1.54) is 5.56 Å². The van der Waals surface area contributed by atoms with Gasteiger partial charge in [0.25, 0.3) is 0 Å². The Bertz CT molecular complexity index is 612. The highest BCUT2D eigenvalue weighted by atomic mass is 16.5. The molecule has 1 saturated carbocycles. The molecule has 1 spiro atoms. The molecule has 1 saturated heterocycles. The lowest BCUT2D eigenvalue weighted by atomic mass is 9.91. The quantitative estimate of drug-likeness (QED) is 0.846. The number of hydrogen-bond donors (Lipinski definition) is 1. The van der Waals surface area contributed by atoms with Gasteiger partial charge in [0.15, 0.2) is 0 Å². The van der Waals surface area contributed by atoms with Crippen molar-refractivity contribution >= 4 is 5.91 Å². The molecule has 1 N–H and O–H groups in total. The summed E-state index contributed by atoms with van der Waals surface area (Å²) in [5, 5.41) is 3.43. The van der Waals surface area contributed by atoms with Crippen LogP contribution in [0, 0.1) is 16.7 Å². The lowest BCUT2D eigenvalue weighted by molar-refractivity contribution is -0.135. The third-order valence-electron chi connectivity index (χ3n) is 5.89. The fourth-order valence-corrected chi connectivity index (χ4v) is 4.29. The highest BCUT2D eigenvalue weighted by molar-refractivity contribution is 5.82. The first-order valence-corrected chi connectivity index (χ1v) is 9.95. The Morgan fingerprint density at radius 1 is 1.23 bits per heavy atom. The molecule has 3 rings (SSSR count). The minimum absolute atomic E-state index is 0.117. The van der Waals surface area contributed by atoms with Crippen molar-refractivity contribution in [3.8, 4) is 5.75 Å². The number of rotatable bonds is 6. The molecule has 26 heavy (non-hydrogen) atoms. The number of nitrogens with one attached hydrogen (secondary N) is 1. The lowest BCUT2D eigenvalue weighted by Crippen LogP contribution is -2.41. The van der Waals surface area contributed by atoms with Gasteiger partial charge >= 0.3 is 0 Å². The van der Waals surface area contributed by atoms with Crippen LogP contribution in [0.4, 0.5) is 0 Å². The van der Waals surface area contributed by atoms with E-state index in [4.69, 9.17) is 4.74 Å². The number of benzene rings is 1. The van der Waals surface area contributed by atoms with E-state index in [1.54, 1.807) is 7.11 Å². The maximum absolute atomic E-state index is 13.3. The largest absolute Gasteiger partial charge is 0.497 e. The molecule has 1 atom stereocenters. The molecular formula is C22H34N2O2. The van der Waals surface area contributed by atoms with E-state index in [0.29, 0.717) is 11.3 Å². The van der Waals surface area contributed by atoms with E-state index in [1.807, 2.05) is 12.1 Å². The number of carbonyl (C=O) groups is 1. The SMILES string of the molecule is COc1ccc(CCN(CC(C)(C)C)C(=O)C2CC23CCNCC3)cc1. The molecule has 4 heteroatoms. The summed E-state index contributed by atoms with van der Waals surface area (Å²) < 4.78 is 5.23. The van der Waals surface area contributed by atoms with Crippen molar-refractivity contribution in [3.05, 3.63) is 29.8 Å². The van der Waals surface area contributed by atoms with E-state index >= 15 is 0 Å². The van der Waals surface area contributed by atoms with Crippen molar-refractivity contribution in [2.45, 2.75) is 46.5 Å². The van der Waals surface area contributed by atoms with Crippen LogP contribution in [0.15, 0.2) is 24.3 Å². The van der Waals surface area contributed by atoms with Crippen LogP contribution >= 0.6 is 0 Å².